The molecule has 0 aromatic rings. The van der Waals surface area contributed by atoms with Crippen molar-refractivity contribution in [2.24, 2.45) is 0 Å². The van der Waals surface area contributed by atoms with E-state index in [4.69, 9.17) is 14.2 Å². The second kappa shape index (κ2) is 56.5. The zero-order valence-electron chi connectivity index (χ0n) is 45.2. The lowest BCUT2D eigenvalue weighted by atomic mass is 10.0. The lowest BCUT2D eigenvalue weighted by molar-refractivity contribution is -0.167. The largest absolute Gasteiger partial charge is 0.462 e. The van der Waals surface area contributed by atoms with Gasteiger partial charge in [-0.25, -0.2) is 0 Å². The highest BCUT2D eigenvalue weighted by atomic mass is 16.6. The lowest BCUT2D eigenvalue weighted by Crippen LogP contribution is -2.30. The summed E-state index contributed by atoms with van der Waals surface area (Å²) in [4.78, 5) is 38.2. The van der Waals surface area contributed by atoms with Crippen molar-refractivity contribution in [1.82, 2.24) is 0 Å². The number of rotatable bonds is 55. The first-order valence-corrected chi connectivity index (χ1v) is 29.9. The van der Waals surface area contributed by atoms with Crippen LogP contribution in [0.2, 0.25) is 0 Å². The molecular formula is C61H114O6. The van der Waals surface area contributed by atoms with Crippen LogP contribution >= 0.6 is 0 Å². The summed E-state index contributed by atoms with van der Waals surface area (Å²) in [6, 6.07) is 0. The molecule has 0 aliphatic carbocycles. The Balaban J connectivity index is 4.29. The van der Waals surface area contributed by atoms with E-state index in [-0.39, 0.29) is 31.1 Å². The third-order valence-corrected chi connectivity index (χ3v) is 13.5. The van der Waals surface area contributed by atoms with Crippen molar-refractivity contribution in [2.45, 2.75) is 335 Å². The van der Waals surface area contributed by atoms with Gasteiger partial charge in [0.2, 0.25) is 0 Å². The van der Waals surface area contributed by atoms with E-state index in [1.165, 1.54) is 231 Å². The lowest BCUT2D eigenvalue weighted by Gasteiger charge is -2.18. The summed E-state index contributed by atoms with van der Waals surface area (Å²) in [6.45, 7) is 6.66. The Bertz CT molecular complexity index is 1080. The highest BCUT2D eigenvalue weighted by Crippen LogP contribution is 2.17. The highest BCUT2D eigenvalue weighted by Gasteiger charge is 2.19. The zero-order valence-corrected chi connectivity index (χ0v) is 45.2. The van der Waals surface area contributed by atoms with Gasteiger partial charge in [-0.2, -0.15) is 0 Å². The fraction of sp³-hybridized carbons (Fsp3) is 0.885. The molecule has 0 spiro atoms. The number of allylic oxidation sites excluding steroid dienone is 4. The molecule has 0 fully saturated rings. The number of hydrogen-bond acceptors (Lipinski definition) is 6. The predicted molar refractivity (Wildman–Crippen MR) is 289 cm³/mol. The van der Waals surface area contributed by atoms with Gasteiger partial charge in [0.25, 0.3) is 0 Å². The van der Waals surface area contributed by atoms with E-state index in [1.54, 1.807) is 0 Å². The average molecular weight is 944 g/mol. The van der Waals surface area contributed by atoms with Crippen LogP contribution in [0.3, 0.4) is 0 Å². The number of carbonyl (C=O) groups excluding carboxylic acids is 3. The summed E-state index contributed by atoms with van der Waals surface area (Å²) in [5, 5.41) is 0. The zero-order chi connectivity index (χ0) is 48.6. The van der Waals surface area contributed by atoms with E-state index in [2.05, 4.69) is 45.1 Å². The van der Waals surface area contributed by atoms with Crippen molar-refractivity contribution in [3.05, 3.63) is 24.3 Å². The minimum atomic E-state index is -0.767. The van der Waals surface area contributed by atoms with Gasteiger partial charge in [0, 0.05) is 19.3 Å². The maximum Gasteiger partial charge on any atom is 0.306 e. The van der Waals surface area contributed by atoms with E-state index in [1.807, 2.05) is 0 Å². The molecule has 1 atom stereocenters. The summed E-state index contributed by atoms with van der Waals surface area (Å²) in [5.74, 6) is -0.847. The summed E-state index contributed by atoms with van der Waals surface area (Å²) < 4.78 is 16.9. The number of carbonyl (C=O) groups is 3. The molecule has 0 aromatic carbocycles. The number of hydrogen-bond donors (Lipinski definition) is 0. The van der Waals surface area contributed by atoms with E-state index < -0.39 is 6.10 Å². The second-order valence-corrected chi connectivity index (χ2v) is 20.3. The summed E-state index contributed by atoms with van der Waals surface area (Å²) >= 11 is 0. The Morgan fingerprint density at radius 2 is 0.522 bits per heavy atom. The van der Waals surface area contributed by atoms with Crippen molar-refractivity contribution < 1.29 is 28.6 Å². The minimum absolute atomic E-state index is 0.0663. The summed E-state index contributed by atoms with van der Waals surface area (Å²) in [6.07, 6.45) is 66.0. The van der Waals surface area contributed by atoms with Crippen molar-refractivity contribution in [1.29, 1.82) is 0 Å². The topological polar surface area (TPSA) is 78.9 Å². The molecular weight excluding hydrogens is 829 g/mol. The van der Waals surface area contributed by atoms with E-state index in [9.17, 15) is 14.4 Å². The van der Waals surface area contributed by atoms with Crippen LogP contribution in [0.25, 0.3) is 0 Å². The Morgan fingerprint density at radius 3 is 0.821 bits per heavy atom. The highest BCUT2D eigenvalue weighted by molar-refractivity contribution is 5.71. The average Bonchev–Trinajstić information content (AvgIpc) is 3.33. The normalized spacial score (nSPS) is 12.1. The Kier molecular flexibility index (Phi) is 54.7. The van der Waals surface area contributed by atoms with Crippen molar-refractivity contribution in [3.8, 4) is 0 Å². The molecule has 0 aliphatic rings. The maximum atomic E-state index is 12.9. The molecule has 1 unspecified atom stereocenters. The van der Waals surface area contributed by atoms with Gasteiger partial charge in [0.15, 0.2) is 6.10 Å². The van der Waals surface area contributed by atoms with Crippen molar-refractivity contribution in [2.75, 3.05) is 13.2 Å². The molecule has 0 amide bonds. The van der Waals surface area contributed by atoms with Gasteiger partial charge in [0.1, 0.15) is 13.2 Å². The van der Waals surface area contributed by atoms with Gasteiger partial charge in [-0.1, -0.05) is 289 Å². The molecule has 394 valence electrons. The molecule has 0 aliphatic heterocycles. The fourth-order valence-corrected chi connectivity index (χ4v) is 8.97. The molecule has 0 saturated heterocycles. The van der Waals surface area contributed by atoms with E-state index in [0.717, 1.165) is 57.8 Å². The van der Waals surface area contributed by atoms with Crippen LogP contribution in [0.15, 0.2) is 24.3 Å². The van der Waals surface area contributed by atoms with Gasteiger partial charge >= 0.3 is 17.9 Å². The first-order chi connectivity index (χ1) is 33.0. The van der Waals surface area contributed by atoms with Crippen LogP contribution < -0.4 is 0 Å². The fourth-order valence-electron chi connectivity index (χ4n) is 8.97. The van der Waals surface area contributed by atoms with Crippen LogP contribution in [0.4, 0.5) is 0 Å². The second-order valence-electron chi connectivity index (χ2n) is 20.3. The Labute approximate surface area is 417 Å². The van der Waals surface area contributed by atoms with Crippen molar-refractivity contribution >= 4 is 17.9 Å². The van der Waals surface area contributed by atoms with Crippen LogP contribution in [-0.4, -0.2) is 37.2 Å². The van der Waals surface area contributed by atoms with Crippen LogP contribution in [-0.2, 0) is 28.6 Å². The minimum Gasteiger partial charge on any atom is -0.462 e. The van der Waals surface area contributed by atoms with Gasteiger partial charge in [-0.3, -0.25) is 14.4 Å². The first kappa shape index (κ1) is 64.9. The molecule has 6 nitrogen and oxygen atoms in total. The Hall–Kier alpha value is -2.11. The summed E-state index contributed by atoms with van der Waals surface area (Å²) in [7, 11) is 0. The third kappa shape index (κ3) is 54.7. The smallest absolute Gasteiger partial charge is 0.306 e. The van der Waals surface area contributed by atoms with Crippen LogP contribution in [0.5, 0.6) is 0 Å². The SMILES string of the molecule is CCCCC/C=C\C=C/CCCCCCCCCCCCC(=O)OCC(COC(=O)CCCCCCCCCCCCCC)OC(=O)CCCCCCCCCCCCCCCCCCCC. The first-order valence-electron chi connectivity index (χ1n) is 29.9. The standard InChI is InChI=1S/C61H114O6/c1-4-7-10-13-16-19-22-25-27-29-31-33-34-36-39-42-45-48-51-54-60(63)66-57-58(56-65-59(62)53-50-47-44-41-38-24-21-18-15-12-9-6-3)67-61(64)55-52-49-46-43-40-37-35-32-30-28-26-23-20-17-14-11-8-5-2/h16,19,22,25,58H,4-15,17-18,20-21,23-24,26-57H2,1-3H3/b19-16-,25-22-. The monoisotopic (exact) mass is 943 g/mol. The molecule has 67 heavy (non-hydrogen) atoms. The molecule has 0 saturated carbocycles. The third-order valence-electron chi connectivity index (χ3n) is 13.5. The van der Waals surface area contributed by atoms with Crippen LogP contribution in [0, 0.1) is 0 Å². The molecule has 0 radical (unpaired) electrons. The summed E-state index contributed by atoms with van der Waals surface area (Å²) in [5.41, 5.74) is 0. The molecule has 0 rings (SSSR count). The molecule has 0 aromatic heterocycles. The van der Waals surface area contributed by atoms with Gasteiger partial charge < -0.3 is 14.2 Å². The van der Waals surface area contributed by atoms with Crippen LogP contribution in [0.1, 0.15) is 329 Å². The van der Waals surface area contributed by atoms with Crippen molar-refractivity contribution in [3.63, 3.8) is 0 Å². The number of ether oxygens (including phenoxy) is 3. The molecule has 0 heterocycles. The van der Waals surface area contributed by atoms with E-state index >= 15 is 0 Å². The molecule has 0 bridgehead atoms. The number of unbranched alkanes of at least 4 members (excludes halogenated alkanes) is 41. The number of esters is 3. The molecule has 6 heteroatoms. The van der Waals surface area contributed by atoms with Gasteiger partial charge in [-0.15, -0.1) is 0 Å². The maximum absolute atomic E-state index is 12.9. The van der Waals surface area contributed by atoms with E-state index in [0.29, 0.717) is 19.3 Å². The Morgan fingerprint density at radius 1 is 0.299 bits per heavy atom. The predicted octanol–water partition coefficient (Wildman–Crippen LogP) is 19.9. The molecule has 0 N–H and O–H groups in total. The van der Waals surface area contributed by atoms with Gasteiger partial charge in [-0.05, 0) is 44.9 Å². The van der Waals surface area contributed by atoms with Gasteiger partial charge in [0.05, 0.1) is 0 Å². The quantitative estimate of drug-likeness (QED) is 0.0262.